The number of rotatable bonds is 2. The normalized spacial score (nSPS) is 9.29. The summed E-state index contributed by atoms with van der Waals surface area (Å²) in [6.45, 7) is 2.66. The van der Waals surface area contributed by atoms with Crippen LogP contribution in [0.2, 0.25) is 0 Å². The van der Waals surface area contributed by atoms with Crippen molar-refractivity contribution in [3.8, 4) is 5.88 Å². The number of carbonyl (C=O) groups is 1. The van der Waals surface area contributed by atoms with Gasteiger partial charge in [-0.15, -0.1) is 0 Å². The van der Waals surface area contributed by atoms with E-state index in [1.54, 1.807) is 13.0 Å². The first-order chi connectivity index (χ1) is 8.20. The van der Waals surface area contributed by atoms with Crippen LogP contribution in [0.1, 0.15) is 6.92 Å². The average Bonchev–Trinajstić information content (AvgIpc) is 2.33. The lowest BCUT2D eigenvalue weighted by Crippen LogP contribution is -1.85. The molecule has 0 atom stereocenters. The summed E-state index contributed by atoms with van der Waals surface area (Å²) in [7, 11) is 0. The van der Waals surface area contributed by atoms with Gasteiger partial charge in [-0.1, -0.05) is 6.07 Å². The van der Waals surface area contributed by atoms with Crippen molar-refractivity contribution in [2.75, 3.05) is 6.61 Å². The summed E-state index contributed by atoms with van der Waals surface area (Å²) in [5, 5.41) is 9.51. The second-order valence-corrected chi connectivity index (χ2v) is 2.88. The van der Waals surface area contributed by atoms with Crippen LogP contribution in [-0.2, 0) is 9.53 Å². The number of ether oxygens (including phenoxy) is 1. The molecule has 0 saturated carbocycles. The number of aromatic nitrogens is 2. The van der Waals surface area contributed by atoms with Gasteiger partial charge in [-0.05, 0) is 19.1 Å². The Hall–Kier alpha value is -2.24. The fourth-order valence-electron chi connectivity index (χ4n) is 1.11. The molecule has 0 bridgehead atoms. The highest BCUT2D eigenvalue weighted by Crippen LogP contribution is 2.20. The molecule has 0 saturated heterocycles. The number of fused-ring (bicyclic) bond motifs is 1. The molecule has 90 valence electrons. The number of halogens is 1. The van der Waals surface area contributed by atoms with Gasteiger partial charge < -0.3 is 9.84 Å². The molecular formula is C11H11FN2O3. The highest BCUT2D eigenvalue weighted by Gasteiger charge is 2.04. The standard InChI is InChI=1S/C8H5FN2O.C3H6O2/c9-6-3-1-2-5-7(6)10-4-11-8(5)12;1-2-5-3-4/h1-4H,(H,10,11,12);3H,2H2,1H3. The van der Waals surface area contributed by atoms with Gasteiger partial charge >= 0.3 is 0 Å². The number of nitrogens with zero attached hydrogens (tertiary/aromatic N) is 2. The summed E-state index contributed by atoms with van der Waals surface area (Å²) in [6.07, 6.45) is 1.13. The zero-order valence-corrected chi connectivity index (χ0v) is 9.13. The van der Waals surface area contributed by atoms with E-state index in [4.69, 9.17) is 0 Å². The molecule has 2 aromatic rings. The first-order valence-electron chi connectivity index (χ1n) is 4.84. The van der Waals surface area contributed by atoms with E-state index in [0.717, 1.165) is 6.33 Å². The third-order valence-corrected chi connectivity index (χ3v) is 1.83. The molecule has 0 radical (unpaired) electrons. The predicted molar refractivity (Wildman–Crippen MR) is 58.9 cm³/mol. The maximum absolute atomic E-state index is 13.0. The van der Waals surface area contributed by atoms with E-state index in [2.05, 4.69) is 14.7 Å². The molecule has 5 nitrogen and oxygen atoms in total. The van der Waals surface area contributed by atoms with Crippen molar-refractivity contribution >= 4 is 17.4 Å². The lowest BCUT2D eigenvalue weighted by atomic mass is 10.2. The Morgan fingerprint density at radius 2 is 2.24 bits per heavy atom. The second kappa shape index (κ2) is 6.37. The van der Waals surface area contributed by atoms with Gasteiger partial charge in [0.05, 0.1) is 12.0 Å². The van der Waals surface area contributed by atoms with Gasteiger partial charge in [0.2, 0.25) is 5.88 Å². The molecule has 0 fully saturated rings. The molecule has 6 heteroatoms. The first kappa shape index (κ1) is 12.8. The summed E-state index contributed by atoms with van der Waals surface area (Å²) in [5.74, 6) is -0.648. The van der Waals surface area contributed by atoms with Gasteiger partial charge in [0.15, 0.2) is 0 Å². The van der Waals surface area contributed by atoms with E-state index >= 15 is 0 Å². The third kappa shape index (κ3) is 3.37. The Balaban J connectivity index is 0.000000249. The van der Waals surface area contributed by atoms with Crippen molar-refractivity contribution in [2.24, 2.45) is 0 Å². The number of hydrogen-bond donors (Lipinski definition) is 1. The zero-order valence-electron chi connectivity index (χ0n) is 9.13. The molecule has 1 aromatic carbocycles. The van der Waals surface area contributed by atoms with Gasteiger partial charge in [-0.2, -0.15) is 0 Å². The Labute approximate surface area is 96.9 Å². The molecule has 1 aromatic heterocycles. The summed E-state index contributed by atoms with van der Waals surface area (Å²) in [6, 6.07) is 4.35. The molecule has 0 unspecified atom stereocenters. The summed E-state index contributed by atoms with van der Waals surface area (Å²) < 4.78 is 17.1. The molecule has 1 N–H and O–H groups in total. The molecule has 0 aliphatic carbocycles. The van der Waals surface area contributed by atoms with Crippen molar-refractivity contribution in [3.05, 3.63) is 30.3 Å². The number of carbonyl (C=O) groups excluding carboxylic acids is 1. The number of para-hydroxylation sites is 1. The summed E-state index contributed by atoms with van der Waals surface area (Å²) in [5.41, 5.74) is 0.144. The minimum Gasteiger partial charge on any atom is -0.493 e. The highest BCUT2D eigenvalue weighted by atomic mass is 19.1. The van der Waals surface area contributed by atoms with Crippen LogP contribution in [0.5, 0.6) is 5.88 Å². The molecule has 0 aliphatic rings. The quantitative estimate of drug-likeness (QED) is 0.805. The van der Waals surface area contributed by atoms with Crippen LogP contribution < -0.4 is 0 Å². The van der Waals surface area contributed by atoms with E-state index in [0.29, 0.717) is 18.5 Å². The van der Waals surface area contributed by atoms with Crippen LogP contribution in [-0.4, -0.2) is 28.2 Å². The Bertz CT molecular complexity index is 464. The molecule has 0 amide bonds. The molecule has 2 rings (SSSR count). The van der Waals surface area contributed by atoms with Gasteiger partial charge in [-0.3, -0.25) is 4.79 Å². The van der Waals surface area contributed by atoms with Crippen LogP contribution in [0.15, 0.2) is 24.5 Å². The van der Waals surface area contributed by atoms with Crippen LogP contribution in [0.25, 0.3) is 10.9 Å². The SMILES string of the molecule is CCOC=O.Oc1ncnc2c(F)cccc12. The Morgan fingerprint density at radius 1 is 1.47 bits per heavy atom. The maximum atomic E-state index is 13.0. The van der Waals surface area contributed by atoms with Gasteiger partial charge in [0.1, 0.15) is 17.7 Å². The van der Waals surface area contributed by atoms with Crippen molar-refractivity contribution in [2.45, 2.75) is 6.92 Å². The van der Waals surface area contributed by atoms with Crippen molar-refractivity contribution in [1.29, 1.82) is 0 Å². The van der Waals surface area contributed by atoms with Gasteiger partial charge in [0, 0.05) is 0 Å². The maximum Gasteiger partial charge on any atom is 0.293 e. The molecule has 17 heavy (non-hydrogen) atoms. The molecule has 0 spiro atoms. The fourth-order valence-corrected chi connectivity index (χ4v) is 1.11. The molecule has 0 aliphatic heterocycles. The van der Waals surface area contributed by atoms with Crippen molar-refractivity contribution in [3.63, 3.8) is 0 Å². The number of hydrogen-bond acceptors (Lipinski definition) is 5. The molecular weight excluding hydrogens is 227 g/mol. The van der Waals surface area contributed by atoms with E-state index < -0.39 is 5.82 Å². The van der Waals surface area contributed by atoms with Crippen LogP contribution in [0.4, 0.5) is 4.39 Å². The summed E-state index contributed by atoms with van der Waals surface area (Å²) in [4.78, 5) is 16.4. The van der Waals surface area contributed by atoms with Crippen LogP contribution in [0, 0.1) is 5.82 Å². The van der Waals surface area contributed by atoms with Crippen LogP contribution >= 0.6 is 0 Å². The number of aromatic hydroxyl groups is 1. The fraction of sp³-hybridized carbons (Fsp3) is 0.182. The monoisotopic (exact) mass is 238 g/mol. The lowest BCUT2D eigenvalue weighted by molar-refractivity contribution is -0.128. The Morgan fingerprint density at radius 3 is 2.76 bits per heavy atom. The van der Waals surface area contributed by atoms with E-state index in [-0.39, 0.29) is 11.4 Å². The zero-order chi connectivity index (χ0) is 12.7. The number of benzene rings is 1. The van der Waals surface area contributed by atoms with Crippen molar-refractivity contribution < 1.29 is 19.0 Å². The Kier molecular flexibility index (Phi) is 4.80. The van der Waals surface area contributed by atoms with Crippen LogP contribution in [0.3, 0.4) is 0 Å². The van der Waals surface area contributed by atoms with E-state index in [1.807, 2.05) is 0 Å². The third-order valence-electron chi connectivity index (χ3n) is 1.83. The van der Waals surface area contributed by atoms with E-state index in [9.17, 15) is 14.3 Å². The second-order valence-electron chi connectivity index (χ2n) is 2.88. The van der Waals surface area contributed by atoms with Crippen molar-refractivity contribution in [1.82, 2.24) is 9.97 Å². The van der Waals surface area contributed by atoms with E-state index in [1.165, 1.54) is 12.1 Å². The summed E-state index contributed by atoms with van der Waals surface area (Å²) >= 11 is 0. The smallest absolute Gasteiger partial charge is 0.293 e. The highest BCUT2D eigenvalue weighted by molar-refractivity contribution is 5.83. The average molecular weight is 238 g/mol. The first-order valence-corrected chi connectivity index (χ1v) is 4.84. The van der Waals surface area contributed by atoms with Gasteiger partial charge in [0.25, 0.3) is 6.47 Å². The minimum absolute atomic E-state index is 0.144. The largest absolute Gasteiger partial charge is 0.493 e. The lowest BCUT2D eigenvalue weighted by Gasteiger charge is -1.97. The topological polar surface area (TPSA) is 72.3 Å². The molecule has 1 heterocycles. The van der Waals surface area contributed by atoms with Gasteiger partial charge in [-0.25, -0.2) is 14.4 Å². The predicted octanol–water partition coefficient (Wildman–Crippen LogP) is 1.65. The minimum atomic E-state index is -0.454.